The van der Waals surface area contributed by atoms with Crippen LogP contribution in [-0.4, -0.2) is 15.7 Å². The Hall–Kier alpha value is -1.92. The molecule has 1 heterocycles. The van der Waals surface area contributed by atoms with Gasteiger partial charge in [-0.1, -0.05) is 22.0 Å². The van der Waals surface area contributed by atoms with Crippen LogP contribution in [0.4, 0.5) is 5.69 Å². The van der Waals surface area contributed by atoms with Crippen molar-refractivity contribution >= 4 is 43.5 Å². The fourth-order valence-corrected chi connectivity index (χ4v) is 3.04. The number of nitrogens with one attached hydrogen (secondary N) is 1. The van der Waals surface area contributed by atoms with Crippen LogP contribution in [0.1, 0.15) is 21.7 Å². The number of nitrogens with zero attached hydrogens (tertiary/aromatic N) is 2. The van der Waals surface area contributed by atoms with Gasteiger partial charge in [-0.05, 0) is 72.2 Å². The number of aromatic nitrogens is 2. The molecule has 0 bridgehead atoms. The van der Waals surface area contributed by atoms with Crippen molar-refractivity contribution in [1.29, 1.82) is 0 Å². The van der Waals surface area contributed by atoms with Gasteiger partial charge in [0.1, 0.15) is 0 Å². The summed E-state index contributed by atoms with van der Waals surface area (Å²) in [4.78, 5) is 12.3. The molecule has 3 rings (SSSR count). The maximum absolute atomic E-state index is 12.3. The van der Waals surface area contributed by atoms with E-state index in [1.807, 2.05) is 54.9 Å². The van der Waals surface area contributed by atoms with Crippen LogP contribution in [-0.2, 0) is 0 Å². The number of rotatable bonds is 3. The van der Waals surface area contributed by atoms with Crippen molar-refractivity contribution < 1.29 is 4.79 Å². The van der Waals surface area contributed by atoms with Gasteiger partial charge in [0.2, 0.25) is 0 Å². The van der Waals surface area contributed by atoms with Crippen LogP contribution in [0.2, 0.25) is 0 Å². The summed E-state index contributed by atoms with van der Waals surface area (Å²) < 4.78 is 3.76. The minimum absolute atomic E-state index is 0.141. The molecule has 0 unspecified atom stereocenters. The van der Waals surface area contributed by atoms with E-state index in [0.717, 1.165) is 31.7 Å². The van der Waals surface area contributed by atoms with Crippen LogP contribution < -0.4 is 5.32 Å². The van der Waals surface area contributed by atoms with Crippen LogP contribution in [0.15, 0.2) is 57.5 Å². The zero-order valence-electron chi connectivity index (χ0n) is 13.2. The molecule has 0 aliphatic rings. The summed E-state index contributed by atoms with van der Waals surface area (Å²) >= 11 is 6.90. The number of hydrogen-bond donors (Lipinski definition) is 1. The summed E-state index contributed by atoms with van der Waals surface area (Å²) in [6.45, 7) is 3.97. The molecule has 3 aromatic rings. The minimum atomic E-state index is -0.141. The highest BCUT2D eigenvalue weighted by atomic mass is 79.9. The van der Waals surface area contributed by atoms with Crippen molar-refractivity contribution in [3.8, 4) is 5.69 Å². The van der Waals surface area contributed by atoms with Gasteiger partial charge < -0.3 is 5.32 Å². The van der Waals surface area contributed by atoms with Crippen molar-refractivity contribution in [3.05, 3.63) is 74.4 Å². The van der Waals surface area contributed by atoms with E-state index in [1.165, 1.54) is 0 Å². The lowest BCUT2D eigenvalue weighted by molar-refractivity contribution is 0.102. The van der Waals surface area contributed by atoms with Gasteiger partial charge in [-0.3, -0.25) is 4.79 Å². The van der Waals surface area contributed by atoms with E-state index in [9.17, 15) is 4.79 Å². The molecule has 0 radical (unpaired) electrons. The highest BCUT2D eigenvalue weighted by Crippen LogP contribution is 2.24. The van der Waals surface area contributed by atoms with E-state index in [4.69, 9.17) is 0 Å². The van der Waals surface area contributed by atoms with E-state index in [0.29, 0.717) is 5.56 Å². The normalized spacial score (nSPS) is 10.7. The number of anilines is 1. The summed E-state index contributed by atoms with van der Waals surface area (Å²) in [5.74, 6) is -0.141. The molecule has 6 heteroatoms. The van der Waals surface area contributed by atoms with Crippen molar-refractivity contribution in [2.75, 3.05) is 5.32 Å². The summed E-state index contributed by atoms with van der Waals surface area (Å²) in [5, 5.41) is 7.40. The van der Waals surface area contributed by atoms with Crippen LogP contribution in [0, 0.1) is 13.8 Å². The number of benzene rings is 2. The molecule has 0 spiro atoms. The molecule has 1 amide bonds. The standard InChI is InChI=1S/C18H15Br2N3O/c1-11-17(20)12(2)23(22-11)16-8-6-15(7-9-16)21-18(24)13-4-3-5-14(19)10-13/h3-10H,1-2H3,(H,21,24). The molecule has 122 valence electrons. The third kappa shape index (κ3) is 3.44. The molecule has 24 heavy (non-hydrogen) atoms. The van der Waals surface area contributed by atoms with Crippen LogP contribution in [0.3, 0.4) is 0 Å². The molecule has 0 aliphatic heterocycles. The van der Waals surface area contributed by atoms with Gasteiger partial charge in [0, 0.05) is 15.7 Å². The van der Waals surface area contributed by atoms with E-state index in [1.54, 1.807) is 12.1 Å². The second kappa shape index (κ2) is 6.91. The number of amides is 1. The summed E-state index contributed by atoms with van der Waals surface area (Å²) in [6.07, 6.45) is 0. The lowest BCUT2D eigenvalue weighted by atomic mass is 10.2. The minimum Gasteiger partial charge on any atom is -0.322 e. The van der Waals surface area contributed by atoms with E-state index >= 15 is 0 Å². The summed E-state index contributed by atoms with van der Waals surface area (Å²) in [6, 6.07) is 14.9. The average molecular weight is 449 g/mol. The molecule has 0 saturated heterocycles. The van der Waals surface area contributed by atoms with Crippen molar-refractivity contribution in [2.24, 2.45) is 0 Å². The molecule has 0 saturated carbocycles. The van der Waals surface area contributed by atoms with Gasteiger partial charge in [-0.25, -0.2) is 4.68 Å². The van der Waals surface area contributed by atoms with E-state index in [2.05, 4.69) is 42.3 Å². The second-order valence-corrected chi connectivity index (χ2v) is 7.12. The molecule has 0 atom stereocenters. The molecular weight excluding hydrogens is 434 g/mol. The first-order valence-electron chi connectivity index (χ1n) is 7.35. The number of carbonyl (C=O) groups excluding carboxylic acids is 1. The highest BCUT2D eigenvalue weighted by Gasteiger charge is 2.11. The van der Waals surface area contributed by atoms with Gasteiger partial charge in [-0.2, -0.15) is 5.10 Å². The molecule has 1 aromatic heterocycles. The Morgan fingerprint density at radius 3 is 2.38 bits per heavy atom. The first-order valence-corrected chi connectivity index (χ1v) is 8.93. The lowest BCUT2D eigenvalue weighted by Crippen LogP contribution is -2.11. The quantitative estimate of drug-likeness (QED) is 0.593. The molecule has 0 aliphatic carbocycles. The van der Waals surface area contributed by atoms with Gasteiger partial charge in [0.25, 0.3) is 5.91 Å². The second-order valence-electron chi connectivity index (χ2n) is 5.41. The molecule has 2 aromatic carbocycles. The Morgan fingerprint density at radius 2 is 1.79 bits per heavy atom. The molecular formula is C18H15Br2N3O. The number of halogens is 2. The first kappa shape index (κ1) is 16.9. The maximum atomic E-state index is 12.3. The highest BCUT2D eigenvalue weighted by molar-refractivity contribution is 9.10. The van der Waals surface area contributed by atoms with E-state index < -0.39 is 0 Å². The Morgan fingerprint density at radius 1 is 1.08 bits per heavy atom. The topological polar surface area (TPSA) is 46.9 Å². The number of hydrogen-bond acceptors (Lipinski definition) is 2. The van der Waals surface area contributed by atoms with Crippen molar-refractivity contribution in [1.82, 2.24) is 9.78 Å². The zero-order valence-corrected chi connectivity index (χ0v) is 16.3. The SMILES string of the molecule is Cc1nn(-c2ccc(NC(=O)c3cccc(Br)c3)cc2)c(C)c1Br. The average Bonchev–Trinajstić information content (AvgIpc) is 2.83. The number of aryl methyl sites for hydroxylation is 1. The van der Waals surface area contributed by atoms with Gasteiger partial charge in [0.15, 0.2) is 0 Å². The monoisotopic (exact) mass is 447 g/mol. The van der Waals surface area contributed by atoms with E-state index in [-0.39, 0.29) is 5.91 Å². The third-order valence-corrected chi connectivity index (χ3v) is 5.30. The van der Waals surface area contributed by atoms with Crippen molar-refractivity contribution in [2.45, 2.75) is 13.8 Å². The smallest absolute Gasteiger partial charge is 0.255 e. The Kier molecular flexibility index (Phi) is 4.87. The van der Waals surface area contributed by atoms with Gasteiger partial charge >= 0.3 is 0 Å². The Bertz CT molecular complexity index is 901. The Balaban J connectivity index is 1.80. The zero-order chi connectivity index (χ0) is 17.3. The molecule has 4 nitrogen and oxygen atoms in total. The van der Waals surface area contributed by atoms with Crippen LogP contribution >= 0.6 is 31.9 Å². The summed E-state index contributed by atoms with van der Waals surface area (Å²) in [7, 11) is 0. The predicted octanol–water partition coefficient (Wildman–Crippen LogP) is 5.27. The lowest BCUT2D eigenvalue weighted by Gasteiger charge is -2.08. The van der Waals surface area contributed by atoms with Gasteiger partial charge in [0.05, 0.1) is 21.5 Å². The summed E-state index contributed by atoms with van der Waals surface area (Å²) in [5.41, 5.74) is 4.28. The number of carbonyl (C=O) groups is 1. The molecule has 1 N–H and O–H groups in total. The van der Waals surface area contributed by atoms with Crippen LogP contribution in [0.25, 0.3) is 5.69 Å². The molecule has 0 fully saturated rings. The fourth-order valence-electron chi connectivity index (χ4n) is 2.39. The Labute approximate surface area is 157 Å². The van der Waals surface area contributed by atoms with Crippen molar-refractivity contribution in [3.63, 3.8) is 0 Å². The predicted molar refractivity (Wildman–Crippen MR) is 103 cm³/mol. The third-order valence-electron chi connectivity index (χ3n) is 3.66. The van der Waals surface area contributed by atoms with Gasteiger partial charge in [-0.15, -0.1) is 0 Å². The first-order chi connectivity index (χ1) is 11.5. The fraction of sp³-hybridized carbons (Fsp3) is 0.111. The maximum Gasteiger partial charge on any atom is 0.255 e. The largest absolute Gasteiger partial charge is 0.322 e. The van der Waals surface area contributed by atoms with Crippen LogP contribution in [0.5, 0.6) is 0 Å².